The maximum absolute atomic E-state index is 8.92. The Labute approximate surface area is 115 Å². The molecule has 0 aliphatic rings. The molecular weight excluding hydrogens is 270 g/mol. The first kappa shape index (κ1) is 13.3. The van der Waals surface area contributed by atoms with Crippen LogP contribution in [-0.2, 0) is 13.0 Å². The van der Waals surface area contributed by atoms with Crippen molar-refractivity contribution in [3.05, 3.63) is 44.9 Å². The van der Waals surface area contributed by atoms with E-state index in [1.807, 2.05) is 30.5 Å². The largest absolute Gasteiger partial charge is 0.492 e. The number of rotatable bonds is 5. The van der Waals surface area contributed by atoms with Crippen LogP contribution in [0, 0.1) is 6.92 Å². The first-order valence-electron chi connectivity index (χ1n) is 5.62. The van der Waals surface area contributed by atoms with Gasteiger partial charge in [0, 0.05) is 11.8 Å². The number of nitrogens with zero attached hydrogens (tertiary/aromatic N) is 1. The molecule has 0 aliphatic heterocycles. The topological polar surface area (TPSA) is 42.4 Å². The highest BCUT2D eigenvalue weighted by atomic mass is 35.5. The van der Waals surface area contributed by atoms with Gasteiger partial charge in [-0.2, -0.15) is 0 Å². The summed E-state index contributed by atoms with van der Waals surface area (Å²) in [5.74, 6) is 0.704. The molecule has 0 atom stereocenters. The minimum atomic E-state index is -0.0128. The van der Waals surface area contributed by atoms with Gasteiger partial charge in [-0.05, 0) is 24.6 Å². The second-order valence-electron chi connectivity index (χ2n) is 3.92. The Morgan fingerprint density at radius 1 is 1.44 bits per heavy atom. The van der Waals surface area contributed by atoms with Crippen LogP contribution in [-0.4, -0.2) is 16.7 Å². The standard InChI is InChI=1S/C13H14ClNO2S/c1-9-2-3-11(14)12(6-9)17-5-4-13-15-10(7-16)8-18-13/h2-3,6,8,16H,4-5,7H2,1H3. The highest BCUT2D eigenvalue weighted by molar-refractivity contribution is 7.09. The zero-order chi connectivity index (χ0) is 13.0. The molecule has 0 saturated carbocycles. The van der Waals surface area contributed by atoms with Gasteiger partial charge >= 0.3 is 0 Å². The molecule has 2 aromatic rings. The van der Waals surface area contributed by atoms with Crippen molar-refractivity contribution in [2.75, 3.05) is 6.61 Å². The lowest BCUT2D eigenvalue weighted by molar-refractivity contribution is 0.277. The van der Waals surface area contributed by atoms with Crippen molar-refractivity contribution < 1.29 is 9.84 Å². The predicted molar refractivity (Wildman–Crippen MR) is 73.4 cm³/mol. The van der Waals surface area contributed by atoms with Crippen LogP contribution < -0.4 is 4.74 Å². The van der Waals surface area contributed by atoms with Crippen LogP contribution >= 0.6 is 22.9 Å². The van der Waals surface area contributed by atoms with Crippen molar-refractivity contribution >= 4 is 22.9 Å². The number of hydrogen-bond acceptors (Lipinski definition) is 4. The normalized spacial score (nSPS) is 10.6. The molecule has 18 heavy (non-hydrogen) atoms. The number of aliphatic hydroxyl groups excluding tert-OH is 1. The van der Waals surface area contributed by atoms with Gasteiger partial charge in [0.05, 0.1) is 28.9 Å². The third-order valence-corrected chi connectivity index (χ3v) is 3.69. The van der Waals surface area contributed by atoms with Gasteiger partial charge in [-0.15, -0.1) is 11.3 Å². The van der Waals surface area contributed by atoms with E-state index in [0.29, 0.717) is 23.1 Å². The Kier molecular flexibility index (Phi) is 4.58. The Morgan fingerprint density at radius 3 is 3.00 bits per heavy atom. The molecule has 3 nitrogen and oxygen atoms in total. The van der Waals surface area contributed by atoms with Crippen LogP contribution in [0.1, 0.15) is 16.3 Å². The Morgan fingerprint density at radius 2 is 2.28 bits per heavy atom. The van der Waals surface area contributed by atoms with E-state index in [-0.39, 0.29) is 6.61 Å². The lowest BCUT2D eigenvalue weighted by atomic mass is 10.2. The Hall–Kier alpha value is -1.10. The van der Waals surface area contributed by atoms with E-state index in [4.69, 9.17) is 21.4 Å². The summed E-state index contributed by atoms with van der Waals surface area (Å²) in [5.41, 5.74) is 1.83. The summed E-state index contributed by atoms with van der Waals surface area (Å²) in [6, 6.07) is 5.70. The third kappa shape index (κ3) is 3.45. The van der Waals surface area contributed by atoms with Crippen molar-refractivity contribution in [1.29, 1.82) is 0 Å². The molecule has 0 spiro atoms. The predicted octanol–water partition coefficient (Wildman–Crippen LogP) is 3.22. The monoisotopic (exact) mass is 283 g/mol. The molecule has 96 valence electrons. The summed E-state index contributed by atoms with van der Waals surface area (Å²) in [4.78, 5) is 4.26. The number of aliphatic hydroxyl groups is 1. The summed E-state index contributed by atoms with van der Waals surface area (Å²) in [7, 11) is 0. The molecule has 2 rings (SSSR count). The number of benzene rings is 1. The van der Waals surface area contributed by atoms with Gasteiger partial charge < -0.3 is 9.84 Å². The van der Waals surface area contributed by atoms with Crippen molar-refractivity contribution in [1.82, 2.24) is 4.98 Å². The quantitative estimate of drug-likeness (QED) is 0.916. The average Bonchev–Trinajstić information content (AvgIpc) is 2.81. The summed E-state index contributed by atoms with van der Waals surface area (Å²) in [6.07, 6.45) is 0.717. The summed E-state index contributed by atoms with van der Waals surface area (Å²) < 4.78 is 5.64. The molecule has 0 amide bonds. The molecule has 5 heteroatoms. The zero-order valence-corrected chi connectivity index (χ0v) is 11.6. The fourth-order valence-electron chi connectivity index (χ4n) is 1.51. The van der Waals surface area contributed by atoms with Gasteiger partial charge in [-0.1, -0.05) is 17.7 Å². The fourth-order valence-corrected chi connectivity index (χ4v) is 2.45. The highest BCUT2D eigenvalue weighted by Crippen LogP contribution is 2.25. The van der Waals surface area contributed by atoms with Gasteiger partial charge in [0.1, 0.15) is 5.75 Å². The highest BCUT2D eigenvalue weighted by Gasteiger charge is 2.04. The van der Waals surface area contributed by atoms with Gasteiger partial charge in [-0.3, -0.25) is 0 Å². The Bertz CT molecular complexity index is 527. The third-order valence-electron chi connectivity index (χ3n) is 2.42. The van der Waals surface area contributed by atoms with Crippen LogP contribution in [0.3, 0.4) is 0 Å². The number of hydrogen-bond donors (Lipinski definition) is 1. The van der Waals surface area contributed by atoms with E-state index in [9.17, 15) is 0 Å². The number of aromatic nitrogens is 1. The van der Waals surface area contributed by atoms with Crippen molar-refractivity contribution in [3.63, 3.8) is 0 Å². The maximum atomic E-state index is 8.92. The molecular formula is C13H14ClNO2S. The van der Waals surface area contributed by atoms with E-state index in [1.165, 1.54) is 11.3 Å². The fraction of sp³-hybridized carbons (Fsp3) is 0.308. The van der Waals surface area contributed by atoms with Crippen molar-refractivity contribution in [2.45, 2.75) is 20.0 Å². The lowest BCUT2D eigenvalue weighted by Gasteiger charge is -2.07. The lowest BCUT2D eigenvalue weighted by Crippen LogP contribution is -2.02. The van der Waals surface area contributed by atoms with E-state index in [2.05, 4.69) is 4.98 Å². The van der Waals surface area contributed by atoms with Crippen LogP contribution in [0.25, 0.3) is 0 Å². The Balaban J connectivity index is 1.90. The van der Waals surface area contributed by atoms with E-state index < -0.39 is 0 Å². The first-order valence-corrected chi connectivity index (χ1v) is 6.88. The average molecular weight is 284 g/mol. The molecule has 1 aromatic carbocycles. The van der Waals surface area contributed by atoms with Crippen LogP contribution in [0.5, 0.6) is 5.75 Å². The number of halogens is 1. The minimum Gasteiger partial charge on any atom is -0.492 e. The van der Waals surface area contributed by atoms with Gasteiger partial charge in [0.2, 0.25) is 0 Å². The van der Waals surface area contributed by atoms with Crippen molar-refractivity contribution in [3.8, 4) is 5.75 Å². The smallest absolute Gasteiger partial charge is 0.138 e. The number of ether oxygens (including phenoxy) is 1. The first-order chi connectivity index (χ1) is 8.69. The van der Waals surface area contributed by atoms with Gasteiger partial charge in [-0.25, -0.2) is 4.98 Å². The molecule has 1 N–H and O–H groups in total. The van der Waals surface area contributed by atoms with E-state index in [0.717, 1.165) is 17.0 Å². The van der Waals surface area contributed by atoms with E-state index in [1.54, 1.807) is 0 Å². The van der Waals surface area contributed by atoms with Crippen LogP contribution in [0.4, 0.5) is 0 Å². The molecule has 0 unspecified atom stereocenters. The zero-order valence-electron chi connectivity index (χ0n) is 10.0. The van der Waals surface area contributed by atoms with Gasteiger partial charge in [0.25, 0.3) is 0 Å². The van der Waals surface area contributed by atoms with Crippen LogP contribution in [0.2, 0.25) is 5.02 Å². The molecule has 0 bridgehead atoms. The molecule has 1 aromatic heterocycles. The molecule has 1 heterocycles. The van der Waals surface area contributed by atoms with Crippen LogP contribution in [0.15, 0.2) is 23.6 Å². The minimum absolute atomic E-state index is 0.0128. The SMILES string of the molecule is Cc1ccc(Cl)c(OCCc2nc(CO)cs2)c1. The number of thiazole rings is 1. The van der Waals surface area contributed by atoms with Crippen molar-refractivity contribution in [2.24, 2.45) is 0 Å². The summed E-state index contributed by atoms with van der Waals surface area (Å²) in [6.45, 7) is 2.51. The summed E-state index contributed by atoms with van der Waals surface area (Å²) >= 11 is 7.57. The summed E-state index contributed by atoms with van der Waals surface area (Å²) in [5, 5.41) is 12.4. The molecule has 0 radical (unpaired) electrons. The number of aryl methyl sites for hydroxylation is 1. The molecule has 0 saturated heterocycles. The molecule has 0 aliphatic carbocycles. The second kappa shape index (κ2) is 6.18. The van der Waals surface area contributed by atoms with E-state index >= 15 is 0 Å². The van der Waals surface area contributed by atoms with Gasteiger partial charge in [0.15, 0.2) is 0 Å². The second-order valence-corrected chi connectivity index (χ2v) is 5.27. The molecule has 0 fully saturated rings. The maximum Gasteiger partial charge on any atom is 0.138 e.